The molecule has 2 aromatic carbocycles. The predicted molar refractivity (Wildman–Crippen MR) is 110 cm³/mol. The maximum absolute atomic E-state index is 13.1. The third kappa shape index (κ3) is 3.13. The van der Waals surface area contributed by atoms with Crippen molar-refractivity contribution in [1.82, 2.24) is 5.32 Å². The monoisotopic (exact) mass is 375 g/mol. The lowest BCUT2D eigenvalue weighted by molar-refractivity contribution is -0.143. The van der Waals surface area contributed by atoms with E-state index in [4.69, 9.17) is 4.74 Å². The molecule has 0 saturated heterocycles. The van der Waals surface area contributed by atoms with E-state index in [-0.39, 0.29) is 17.9 Å². The number of esters is 1. The van der Waals surface area contributed by atoms with Gasteiger partial charge in [-0.25, -0.2) is 4.79 Å². The van der Waals surface area contributed by atoms with E-state index in [1.807, 2.05) is 45.0 Å². The smallest absolute Gasteiger partial charge is 0.337 e. The Bertz CT molecular complexity index is 1020. The number of carbonyl (C=O) groups is 2. The quantitative estimate of drug-likeness (QED) is 0.786. The topological polar surface area (TPSA) is 55.4 Å². The van der Waals surface area contributed by atoms with E-state index in [1.165, 1.54) is 0 Å². The molecule has 1 aliphatic heterocycles. The predicted octanol–water partition coefficient (Wildman–Crippen LogP) is 4.76. The van der Waals surface area contributed by atoms with Crippen LogP contribution < -0.4 is 5.32 Å². The van der Waals surface area contributed by atoms with Crippen molar-refractivity contribution in [1.29, 1.82) is 0 Å². The standard InChI is InChI=1S/C24H25NO3/c1-14(2)28-24(27)21-15(3)25-19-12-7-13-20(26)23(19)22(21)18-11-6-9-16-8-4-5-10-17(16)18/h4-6,8-11,14,22,25H,7,12-13H2,1-3H3/t22-/m0/s1. The number of hydrogen-bond donors (Lipinski definition) is 1. The van der Waals surface area contributed by atoms with Crippen LogP contribution in [0.15, 0.2) is 65.0 Å². The van der Waals surface area contributed by atoms with E-state index in [2.05, 4.69) is 23.5 Å². The normalized spacial score (nSPS) is 19.7. The molecule has 0 aromatic heterocycles. The molecule has 1 heterocycles. The maximum Gasteiger partial charge on any atom is 0.337 e. The summed E-state index contributed by atoms with van der Waals surface area (Å²) in [7, 11) is 0. The van der Waals surface area contributed by atoms with Crippen LogP contribution in [0, 0.1) is 0 Å². The first-order chi connectivity index (χ1) is 13.5. The number of dihydropyridines is 1. The van der Waals surface area contributed by atoms with Gasteiger partial charge in [0.25, 0.3) is 0 Å². The van der Waals surface area contributed by atoms with Crippen LogP contribution in [0.3, 0.4) is 0 Å². The summed E-state index contributed by atoms with van der Waals surface area (Å²) in [4.78, 5) is 26.0. The Hall–Kier alpha value is -2.88. The fraction of sp³-hybridized carbons (Fsp3) is 0.333. The average Bonchev–Trinajstić information content (AvgIpc) is 2.66. The molecule has 2 aromatic rings. The number of ketones is 1. The van der Waals surface area contributed by atoms with Crippen LogP contribution in [0.1, 0.15) is 51.5 Å². The molecule has 28 heavy (non-hydrogen) atoms. The minimum atomic E-state index is -0.401. The van der Waals surface area contributed by atoms with Crippen LogP contribution in [0.25, 0.3) is 10.8 Å². The Labute approximate surface area is 165 Å². The molecule has 0 fully saturated rings. The number of benzene rings is 2. The lowest BCUT2D eigenvalue weighted by Crippen LogP contribution is -2.35. The zero-order valence-corrected chi connectivity index (χ0v) is 16.5. The number of fused-ring (bicyclic) bond motifs is 1. The summed E-state index contributed by atoms with van der Waals surface area (Å²) in [5.41, 5.74) is 3.98. The Morgan fingerprint density at radius 1 is 1.11 bits per heavy atom. The van der Waals surface area contributed by atoms with Crippen molar-refractivity contribution < 1.29 is 14.3 Å². The van der Waals surface area contributed by atoms with E-state index >= 15 is 0 Å². The summed E-state index contributed by atoms with van der Waals surface area (Å²) in [5.74, 6) is -0.640. The zero-order valence-electron chi connectivity index (χ0n) is 16.5. The van der Waals surface area contributed by atoms with E-state index < -0.39 is 5.92 Å². The van der Waals surface area contributed by atoms with Gasteiger partial charge in [-0.05, 0) is 49.9 Å². The average molecular weight is 375 g/mol. The molecule has 0 amide bonds. The molecule has 1 atom stereocenters. The Kier molecular flexibility index (Phi) is 4.80. The van der Waals surface area contributed by atoms with Gasteiger partial charge in [-0.15, -0.1) is 0 Å². The molecule has 1 N–H and O–H groups in total. The van der Waals surface area contributed by atoms with Crippen molar-refractivity contribution in [3.8, 4) is 0 Å². The molecule has 144 valence electrons. The van der Waals surface area contributed by atoms with Crippen molar-refractivity contribution in [3.63, 3.8) is 0 Å². The van der Waals surface area contributed by atoms with Gasteiger partial charge in [0.05, 0.1) is 11.7 Å². The second-order valence-electron chi connectivity index (χ2n) is 7.79. The summed E-state index contributed by atoms with van der Waals surface area (Å²) >= 11 is 0. The molecule has 0 bridgehead atoms. The van der Waals surface area contributed by atoms with Crippen molar-refractivity contribution in [3.05, 3.63) is 70.6 Å². The van der Waals surface area contributed by atoms with E-state index in [0.29, 0.717) is 12.0 Å². The lowest BCUT2D eigenvalue weighted by atomic mass is 9.74. The highest BCUT2D eigenvalue weighted by Gasteiger charge is 2.39. The number of ether oxygens (including phenoxy) is 1. The van der Waals surface area contributed by atoms with Crippen LogP contribution in [0.2, 0.25) is 0 Å². The Morgan fingerprint density at radius 2 is 1.86 bits per heavy atom. The number of rotatable bonds is 3. The van der Waals surface area contributed by atoms with Gasteiger partial charge in [0.1, 0.15) is 0 Å². The molecular formula is C24H25NO3. The molecule has 0 radical (unpaired) electrons. The largest absolute Gasteiger partial charge is 0.460 e. The number of allylic oxidation sites excluding steroid dienone is 3. The molecule has 1 aliphatic carbocycles. The van der Waals surface area contributed by atoms with Crippen molar-refractivity contribution in [2.75, 3.05) is 0 Å². The number of Topliss-reactive ketones (excluding diaryl/α,β-unsaturated/α-hetero) is 1. The second-order valence-corrected chi connectivity index (χ2v) is 7.79. The summed E-state index contributed by atoms with van der Waals surface area (Å²) in [6.45, 7) is 5.58. The highest BCUT2D eigenvalue weighted by Crippen LogP contribution is 2.44. The van der Waals surface area contributed by atoms with Gasteiger partial charge in [0.15, 0.2) is 5.78 Å². The third-order valence-electron chi connectivity index (χ3n) is 5.47. The van der Waals surface area contributed by atoms with Crippen LogP contribution in [0.4, 0.5) is 0 Å². The first-order valence-electron chi connectivity index (χ1n) is 9.90. The van der Waals surface area contributed by atoms with Gasteiger partial charge in [-0.3, -0.25) is 4.79 Å². The van der Waals surface area contributed by atoms with E-state index in [0.717, 1.165) is 46.1 Å². The molecule has 0 saturated carbocycles. The number of hydrogen-bond acceptors (Lipinski definition) is 4. The molecule has 0 spiro atoms. The zero-order chi connectivity index (χ0) is 19.8. The Morgan fingerprint density at radius 3 is 2.64 bits per heavy atom. The van der Waals surface area contributed by atoms with Crippen LogP contribution >= 0.6 is 0 Å². The van der Waals surface area contributed by atoms with Crippen LogP contribution in [0.5, 0.6) is 0 Å². The fourth-order valence-corrected chi connectivity index (χ4v) is 4.34. The van der Waals surface area contributed by atoms with Crippen molar-refractivity contribution >= 4 is 22.5 Å². The van der Waals surface area contributed by atoms with Crippen LogP contribution in [-0.2, 0) is 14.3 Å². The number of carbonyl (C=O) groups excluding carboxylic acids is 2. The minimum Gasteiger partial charge on any atom is -0.460 e. The highest BCUT2D eigenvalue weighted by atomic mass is 16.5. The SMILES string of the molecule is CC1=C(C(=O)OC(C)C)[C@H](c2cccc3ccccc23)C2=C(CCCC2=O)N1. The van der Waals surface area contributed by atoms with Crippen LogP contribution in [-0.4, -0.2) is 17.9 Å². The first-order valence-corrected chi connectivity index (χ1v) is 9.90. The second kappa shape index (κ2) is 7.27. The van der Waals surface area contributed by atoms with Crippen molar-refractivity contribution in [2.24, 2.45) is 0 Å². The maximum atomic E-state index is 13.1. The Balaban J connectivity index is 1.96. The highest BCUT2D eigenvalue weighted by molar-refractivity contribution is 6.05. The molecular weight excluding hydrogens is 350 g/mol. The van der Waals surface area contributed by atoms with Gasteiger partial charge < -0.3 is 10.1 Å². The molecule has 4 nitrogen and oxygen atoms in total. The van der Waals surface area contributed by atoms with Gasteiger partial charge in [-0.2, -0.15) is 0 Å². The van der Waals surface area contributed by atoms with E-state index in [9.17, 15) is 9.59 Å². The minimum absolute atomic E-state index is 0.119. The molecule has 4 heteroatoms. The van der Waals surface area contributed by atoms with Crippen molar-refractivity contribution in [2.45, 2.75) is 52.1 Å². The molecule has 2 aliphatic rings. The van der Waals surface area contributed by atoms with Gasteiger partial charge in [0, 0.05) is 29.3 Å². The lowest BCUT2D eigenvalue weighted by Gasteiger charge is -2.34. The fourth-order valence-electron chi connectivity index (χ4n) is 4.34. The van der Waals surface area contributed by atoms with Gasteiger partial charge in [0.2, 0.25) is 0 Å². The number of nitrogens with one attached hydrogen (secondary N) is 1. The third-order valence-corrected chi connectivity index (χ3v) is 5.47. The van der Waals surface area contributed by atoms with E-state index in [1.54, 1.807) is 0 Å². The molecule has 4 rings (SSSR count). The summed E-state index contributed by atoms with van der Waals surface area (Å²) in [6, 6.07) is 14.2. The van der Waals surface area contributed by atoms with Gasteiger partial charge >= 0.3 is 5.97 Å². The summed E-state index contributed by atoms with van der Waals surface area (Å²) in [6.07, 6.45) is 1.96. The summed E-state index contributed by atoms with van der Waals surface area (Å²) in [5, 5.41) is 5.49. The molecule has 0 unspecified atom stereocenters. The first kappa shape index (κ1) is 18.5. The summed E-state index contributed by atoms with van der Waals surface area (Å²) < 4.78 is 5.57. The van der Waals surface area contributed by atoms with Gasteiger partial charge in [-0.1, -0.05) is 42.5 Å².